The van der Waals surface area contributed by atoms with Gasteiger partial charge in [-0.05, 0) is 52.0 Å². The monoisotopic (exact) mass is 287 g/mol. The summed E-state index contributed by atoms with van der Waals surface area (Å²) in [6.07, 6.45) is 3.83. The van der Waals surface area contributed by atoms with Crippen LogP contribution in [0.2, 0.25) is 0 Å². The zero-order valence-corrected chi connectivity index (χ0v) is 13.6. The van der Waals surface area contributed by atoms with Gasteiger partial charge in [-0.2, -0.15) is 0 Å². The molecular formula is C18H29N3. The Morgan fingerprint density at radius 2 is 1.38 bits per heavy atom. The van der Waals surface area contributed by atoms with E-state index < -0.39 is 0 Å². The fraction of sp³-hybridized carbons (Fsp3) is 0.667. The molecule has 1 aromatic carbocycles. The maximum Gasteiger partial charge on any atom is 0.0275 e. The van der Waals surface area contributed by atoms with E-state index in [0.717, 1.165) is 0 Å². The highest BCUT2D eigenvalue weighted by atomic mass is 15.3. The van der Waals surface area contributed by atoms with E-state index in [0.29, 0.717) is 5.54 Å². The van der Waals surface area contributed by atoms with Crippen molar-refractivity contribution in [2.45, 2.75) is 24.8 Å². The van der Waals surface area contributed by atoms with Crippen LogP contribution in [0, 0.1) is 0 Å². The molecular weight excluding hydrogens is 258 g/mol. The Morgan fingerprint density at radius 3 is 2.00 bits per heavy atom. The first-order chi connectivity index (χ1) is 10.2. The van der Waals surface area contributed by atoms with E-state index in [9.17, 15) is 0 Å². The molecule has 0 unspecified atom stereocenters. The van der Waals surface area contributed by atoms with Crippen LogP contribution in [0.15, 0.2) is 30.3 Å². The smallest absolute Gasteiger partial charge is 0.0275 e. The maximum atomic E-state index is 2.80. The van der Waals surface area contributed by atoms with Crippen molar-refractivity contribution in [2.75, 3.05) is 53.4 Å². The van der Waals surface area contributed by atoms with Crippen LogP contribution in [0.5, 0.6) is 0 Å². The standard InChI is InChI=1S/C18H29N3/c1-19-10-8-18(9-11-19,16-17-6-4-3-5-7-17)21-14-12-20(2)13-15-21/h3-7H,8-16H2,1-2H3. The summed E-state index contributed by atoms with van der Waals surface area (Å²) in [6.45, 7) is 7.36. The van der Waals surface area contributed by atoms with Crippen LogP contribution in [-0.4, -0.2) is 73.6 Å². The Morgan fingerprint density at radius 1 is 0.810 bits per heavy atom. The van der Waals surface area contributed by atoms with E-state index in [1.807, 2.05) is 0 Å². The van der Waals surface area contributed by atoms with Crippen molar-refractivity contribution in [1.29, 1.82) is 0 Å². The topological polar surface area (TPSA) is 9.72 Å². The Kier molecular flexibility index (Phi) is 4.63. The summed E-state index contributed by atoms with van der Waals surface area (Å²) in [5.41, 5.74) is 1.88. The number of likely N-dealkylation sites (tertiary alicyclic amines) is 1. The highest BCUT2D eigenvalue weighted by Gasteiger charge is 2.40. The minimum absolute atomic E-state index is 0.384. The Bertz CT molecular complexity index is 429. The third-order valence-corrected chi connectivity index (χ3v) is 5.47. The molecule has 0 aliphatic carbocycles. The molecule has 1 aromatic rings. The van der Waals surface area contributed by atoms with Gasteiger partial charge in [0.25, 0.3) is 0 Å². The van der Waals surface area contributed by atoms with Gasteiger partial charge in [0, 0.05) is 31.7 Å². The molecule has 3 nitrogen and oxygen atoms in total. The van der Waals surface area contributed by atoms with Crippen molar-refractivity contribution < 1.29 is 0 Å². The fourth-order valence-corrected chi connectivity index (χ4v) is 3.90. The van der Waals surface area contributed by atoms with E-state index >= 15 is 0 Å². The molecule has 0 radical (unpaired) electrons. The van der Waals surface area contributed by atoms with Crippen molar-refractivity contribution in [1.82, 2.24) is 14.7 Å². The third kappa shape index (κ3) is 3.47. The fourth-order valence-electron chi connectivity index (χ4n) is 3.90. The van der Waals surface area contributed by atoms with E-state index in [1.165, 1.54) is 64.1 Å². The van der Waals surface area contributed by atoms with Crippen LogP contribution in [-0.2, 0) is 6.42 Å². The summed E-state index contributed by atoms with van der Waals surface area (Å²) in [7, 11) is 4.51. The maximum absolute atomic E-state index is 2.80. The van der Waals surface area contributed by atoms with Gasteiger partial charge in [-0.1, -0.05) is 30.3 Å². The molecule has 0 spiro atoms. The number of hydrogen-bond donors (Lipinski definition) is 0. The molecule has 0 atom stereocenters. The summed E-state index contributed by atoms with van der Waals surface area (Å²) < 4.78 is 0. The number of benzene rings is 1. The van der Waals surface area contributed by atoms with E-state index in [2.05, 4.69) is 59.1 Å². The summed E-state index contributed by atoms with van der Waals surface area (Å²) in [5.74, 6) is 0. The number of likely N-dealkylation sites (N-methyl/N-ethyl adjacent to an activating group) is 1. The van der Waals surface area contributed by atoms with E-state index in [4.69, 9.17) is 0 Å². The number of rotatable bonds is 3. The SMILES string of the molecule is CN1CCN(C2(Cc3ccccc3)CCN(C)CC2)CC1. The van der Waals surface area contributed by atoms with Gasteiger partial charge in [-0.15, -0.1) is 0 Å². The molecule has 3 rings (SSSR count). The molecule has 21 heavy (non-hydrogen) atoms. The minimum atomic E-state index is 0.384. The molecule has 2 aliphatic heterocycles. The van der Waals surface area contributed by atoms with Crippen LogP contribution in [0.25, 0.3) is 0 Å². The Labute approximate surface area is 129 Å². The molecule has 2 fully saturated rings. The molecule has 0 amide bonds. The number of piperidine rings is 1. The van der Waals surface area contributed by atoms with Crippen molar-refractivity contribution in [3.63, 3.8) is 0 Å². The van der Waals surface area contributed by atoms with Gasteiger partial charge in [-0.25, -0.2) is 0 Å². The van der Waals surface area contributed by atoms with Crippen molar-refractivity contribution in [2.24, 2.45) is 0 Å². The Balaban J connectivity index is 1.78. The summed E-state index contributed by atoms with van der Waals surface area (Å²) >= 11 is 0. The molecule has 2 heterocycles. The average molecular weight is 287 g/mol. The molecule has 116 valence electrons. The second kappa shape index (κ2) is 6.47. The van der Waals surface area contributed by atoms with E-state index in [1.54, 1.807) is 0 Å². The number of nitrogens with zero attached hydrogens (tertiary/aromatic N) is 3. The van der Waals surface area contributed by atoms with Crippen molar-refractivity contribution >= 4 is 0 Å². The van der Waals surface area contributed by atoms with Gasteiger partial charge in [0.1, 0.15) is 0 Å². The van der Waals surface area contributed by atoms with Crippen LogP contribution in [0.4, 0.5) is 0 Å². The van der Waals surface area contributed by atoms with Gasteiger partial charge in [0.05, 0.1) is 0 Å². The molecule has 2 saturated heterocycles. The Hall–Kier alpha value is -0.900. The lowest BCUT2D eigenvalue weighted by Gasteiger charge is -2.51. The first-order valence-corrected chi connectivity index (χ1v) is 8.34. The van der Waals surface area contributed by atoms with E-state index in [-0.39, 0.29) is 0 Å². The lowest BCUT2D eigenvalue weighted by molar-refractivity contribution is -0.00172. The molecule has 0 saturated carbocycles. The zero-order chi connectivity index (χ0) is 14.7. The quantitative estimate of drug-likeness (QED) is 0.841. The molecule has 0 aromatic heterocycles. The third-order valence-electron chi connectivity index (χ3n) is 5.47. The molecule has 0 bridgehead atoms. The van der Waals surface area contributed by atoms with Gasteiger partial charge in [0.15, 0.2) is 0 Å². The largest absolute Gasteiger partial charge is 0.306 e. The van der Waals surface area contributed by atoms with Crippen LogP contribution in [0.1, 0.15) is 18.4 Å². The van der Waals surface area contributed by atoms with Crippen molar-refractivity contribution in [3.05, 3.63) is 35.9 Å². The predicted octanol–water partition coefficient (Wildman–Crippen LogP) is 1.94. The van der Waals surface area contributed by atoms with Crippen LogP contribution < -0.4 is 0 Å². The van der Waals surface area contributed by atoms with Crippen LogP contribution in [0.3, 0.4) is 0 Å². The second-order valence-electron chi connectivity index (χ2n) is 6.98. The lowest BCUT2D eigenvalue weighted by atomic mass is 9.80. The molecule has 2 aliphatic rings. The van der Waals surface area contributed by atoms with Gasteiger partial charge in [0.2, 0.25) is 0 Å². The summed E-state index contributed by atoms with van der Waals surface area (Å²) in [5, 5.41) is 0. The van der Waals surface area contributed by atoms with Crippen LogP contribution >= 0.6 is 0 Å². The predicted molar refractivity (Wildman–Crippen MR) is 88.7 cm³/mol. The minimum Gasteiger partial charge on any atom is -0.306 e. The zero-order valence-electron chi connectivity index (χ0n) is 13.6. The van der Waals surface area contributed by atoms with Gasteiger partial charge < -0.3 is 9.80 Å². The highest BCUT2D eigenvalue weighted by molar-refractivity contribution is 5.19. The molecule has 3 heteroatoms. The lowest BCUT2D eigenvalue weighted by Crippen LogP contribution is -2.61. The summed E-state index contributed by atoms with van der Waals surface area (Å²) in [4.78, 5) is 7.74. The first-order valence-electron chi connectivity index (χ1n) is 8.34. The average Bonchev–Trinajstić information content (AvgIpc) is 2.52. The number of hydrogen-bond acceptors (Lipinski definition) is 3. The second-order valence-corrected chi connectivity index (χ2v) is 6.98. The van der Waals surface area contributed by atoms with Gasteiger partial charge >= 0.3 is 0 Å². The summed E-state index contributed by atoms with van der Waals surface area (Å²) in [6, 6.07) is 11.1. The number of piperazine rings is 1. The molecule has 0 N–H and O–H groups in total. The van der Waals surface area contributed by atoms with Crippen molar-refractivity contribution in [3.8, 4) is 0 Å². The normalized spacial score (nSPS) is 25.0. The first kappa shape index (κ1) is 15.0. The van der Waals surface area contributed by atoms with Gasteiger partial charge in [-0.3, -0.25) is 4.90 Å². The highest BCUT2D eigenvalue weighted by Crippen LogP contribution is 2.33.